The molecule has 1 aromatic heterocycles. The summed E-state index contributed by atoms with van der Waals surface area (Å²) in [4.78, 5) is 12.2. The molecule has 1 aliphatic rings. The molecule has 1 atom stereocenters. The molecular weight excluding hydrogens is 356 g/mol. The summed E-state index contributed by atoms with van der Waals surface area (Å²) >= 11 is 3.53. The van der Waals surface area contributed by atoms with E-state index in [0.717, 1.165) is 28.8 Å². The number of aromatic nitrogens is 2. The van der Waals surface area contributed by atoms with Crippen LogP contribution in [0, 0.1) is 5.92 Å². The van der Waals surface area contributed by atoms with E-state index in [1.165, 1.54) is 0 Å². The first-order chi connectivity index (χ1) is 9.86. The minimum Gasteiger partial charge on any atom is -0.299 e. The molecule has 2 heterocycles. The van der Waals surface area contributed by atoms with Crippen molar-refractivity contribution < 1.29 is 13.2 Å². The van der Waals surface area contributed by atoms with Crippen LogP contribution in [0.5, 0.6) is 0 Å². The Hall–Kier alpha value is -0.690. The fraction of sp³-hybridized carbons (Fsp3) is 0.714. The lowest BCUT2D eigenvalue weighted by atomic mass is 9.99. The van der Waals surface area contributed by atoms with Crippen LogP contribution in [0.15, 0.2) is 4.47 Å². The van der Waals surface area contributed by atoms with Gasteiger partial charge in [-0.05, 0) is 41.6 Å². The third kappa shape index (κ3) is 3.94. The average molecular weight is 377 g/mol. The summed E-state index contributed by atoms with van der Waals surface area (Å²) in [6.45, 7) is 4.75. The molecule has 118 valence electrons. The maximum Gasteiger partial charge on any atom is 0.150 e. The van der Waals surface area contributed by atoms with E-state index in [-0.39, 0.29) is 23.2 Å². The smallest absolute Gasteiger partial charge is 0.150 e. The number of halogens is 1. The molecular formula is C14H21BrN2O3S. The molecule has 0 radical (unpaired) electrons. The maximum absolute atomic E-state index is 12.2. The van der Waals surface area contributed by atoms with E-state index in [4.69, 9.17) is 0 Å². The predicted octanol–water partition coefficient (Wildman–Crippen LogP) is 2.16. The molecule has 1 aromatic rings. The Balaban J connectivity index is 2.05. The van der Waals surface area contributed by atoms with Gasteiger partial charge in [-0.2, -0.15) is 5.10 Å². The van der Waals surface area contributed by atoms with Gasteiger partial charge in [0, 0.05) is 19.4 Å². The van der Waals surface area contributed by atoms with Gasteiger partial charge in [0.05, 0.1) is 27.4 Å². The number of carbonyl (C=O) groups excluding carboxylic acids is 1. The average Bonchev–Trinajstić information content (AvgIpc) is 2.90. The van der Waals surface area contributed by atoms with Gasteiger partial charge in [-0.1, -0.05) is 6.92 Å². The molecule has 1 aliphatic heterocycles. The van der Waals surface area contributed by atoms with Crippen LogP contribution in [-0.4, -0.2) is 35.5 Å². The van der Waals surface area contributed by atoms with Crippen molar-refractivity contribution in [3.05, 3.63) is 15.9 Å². The lowest BCUT2D eigenvalue weighted by Crippen LogP contribution is -2.15. The Morgan fingerprint density at radius 1 is 1.43 bits per heavy atom. The quantitative estimate of drug-likeness (QED) is 0.762. The molecule has 0 N–H and O–H groups in total. The molecule has 0 spiro atoms. The SMILES string of the molecule is CCc1nn(CC)c(CC(=O)CC2CCS(=O)(=O)C2)c1Br. The Bertz CT molecular complexity index is 637. The van der Waals surface area contributed by atoms with Crippen LogP contribution in [0.4, 0.5) is 0 Å². The number of nitrogens with zero attached hydrogens (tertiary/aromatic N) is 2. The van der Waals surface area contributed by atoms with Crippen LogP contribution in [0.1, 0.15) is 38.1 Å². The van der Waals surface area contributed by atoms with Gasteiger partial charge in [0.15, 0.2) is 9.84 Å². The van der Waals surface area contributed by atoms with Crippen molar-refractivity contribution >= 4 is 31.6 Å². The highest BCUT2D eigenvalue weighted by Crippen LogP contribution is 2.26. The normalized spacial score (nSPS) is 20.8. The maximum atomic E-state index is 12.2. The fourth-order valence-corrected chi connectivity index (χ4v) is 5.37. The van der Waals surface area contributed by atoms with Crippen molar-refractivity contribution in [1.82, 2.24) is 9.78 Å². The Morgan fingerprint density at radius 2 is 2.14 bits per heavy atom. The molecule has 1 saturated heterocycles. The van der Waals surface area contributed by atoms with Gasteiger partial charge >= 0.3 is 0 Å². The molecule has 1 unspecified atom stereocenters. The van der Waals surface area contributed by atoms with E-state index in [0.29, 0.717) is 19.3 Å². The molecule has 0 saturated carbocycles. The number of Topliss-reactive ketones (excluding diaryl/α,β-unsaturated/α-hetero) is 1. The third-order valence-corrected chi connectivity index (χ3v) is 6.65. The monoisotopic (exact) mass is 376 g/mol. The standard InChI is InChI=1S/C14H21BrN2O3S/c1-3-12-14(15)13(17(4-2)16-12)8-11(18)7-10-5-6-21(19,20)9-10/h10H,3-9H2,1-2H3. The molecule has 2 rings (SSSR count). The highest BCUT2D eigenvalue weighted by atomic mass is 79.9. The number of rotatable bonds is 6. The predicted molar refractivity (Wildman–Crippen MR) is 85.1 cm³/mol. The zero-order valence-electron chi connectivity index (χ0n) is 12.4. The number of hydrogen-bond donors (Lipinski definition) is 0. The summed E-state index contributed by atoms with van der Waals surface area (Å²) in [7, 11) is -2.91. The second-order valence-electron chi connectivity index (χ2n) is 5.57. The van der Waals surface area contributed by atoms with Crippen molar-refractivity contribution in [2.75, 3.05) is 11.5 Å². The first-order valence-electron chi connectivity index (χ1n) is 7.32. The van der Waals surface area contributed by atoms with Gasteiger partial charge in [-0.25, -0.2) is 8.42 Å². The van der Waals surface area contributed by atoms with Crippen molar-refractivity contribution in [3.63, 3.8) is 0 Å². The van der Waals surface area contributed by atoms with Crippen molar-refractivity contribution in [1.29, 1.82) is 0 Å². The summed E-state index contributed by atoms with van der Waals surface area (Å²) in [5, 5.41) is 4.48. The zero-order chi connectivity index (χ0) is 15.6. The summed E-state index contributed by atoms with van der Waals surface area (Å²) in [5.74, 6) is 0.467. The first kappa shape index (κ1) is 16.7. The van der Waals surface area contributed by atoms with Crippen LogP contribution >= 0.6 is 15.9 Å². The second-order valence-corrected chi connectivity index (χ2v) is 8.59. The van der Waals surface area contributed by atoms with Crippen molar-refractivity contribution in [2.45, 2.75) is 46.1 Å². The van der Waals surface area contributed by atoms with Gasteiger partial charge in [0.2, 0.25) is 0 Å². The minimum atomic E-state index is -2.91. The topological polar surface area (TPSA) is 69.0 Å². The highest BCUT2D eigenvalue weighted by Gasteiger charge is 2.29. The minimum absolute atomic E-state index is 0.00933. The molecule has 0 aromatic carbocycles. The van der Waals surface area contributed by atoms with Gasteiger partial charge in [0.25, 0.3) is 0 Å². The Kier molecular flexibility index (Phi) is 5.24. The first-order valence-corrected chi connectivity index (χ1v) is 9.93. The summed E-state index contributed by atoms with van der Waals surface area (Å²) in [5.41, 5.74) is 1.86. The van der Waals surface area contributed by atoms with Gasteiger partial charge in [-0.15, -0.1) is 0 Å². The van der Waals surface area contributed by atoms with E-state index in [1.54, 1.807) is 0 Å². The number of aryl methyl sites for hydroxylation is 2. The van der Waals surface area contributed by atoms with E-state index in [1.807, 2.05) is 18.5 Å². The fourth-order valence-electron chi connectivity index (χ4n) is 2.80. The molecule has 0 aliphatic carbocycles. The third-order valence-electron chi connectivity index (χ3n) is 3.90. The van der Waals surface area contributed by atoms with Crippen molar-refractivity contribution in [2.24, 2.45) is 5.92 Å². The van der Waals surface area contributed by atoms with Crippen LogP contribution in [0.2, 0.25) is 0 Å². The van der Waals surface area contributed by atoms with Gasteiger partial charge < -0.3 is 0 Å². The van der Waals surface area contributed by atoms with Crippen LogP contribution < -0.4 is 0 Å². The Morgan fingerprint density at radius 3 is 2.67 bits per heavy atom. The lowest BCUT2D eigenvalue weighted by Gasteiger charge is -2.08. The zero-order valence-corrected chi connectivity index (χ0v) is 14.8. The largest absolute Gasteiger partial charge is 0.299 e. The van der Waals surface area contributed by atoms with Crippen LogP contribution in [-0.2, 0) is 34.0 Å². The highest BCUT2D eigenvalue weighted by molar-refractivity contribution is 9.10. The molecule has 0 amide bonds. The number of carbonyl (C=O) groups is 1. The molecule has 21 heavy (non-hydrogen) atoms. The van der Waals surface area contributed by atoms with E-state index < -0.39 is 9.84 Å². The van der Waals surface area contributed by atoms with E-state index in [2.05, 4.69) is 21.0 Å². The molecule has 5 nitrogen and oxygen atoms in total. The summed E-state index contributed by atoms with van der Waals surface area (Å²) < 4.78 is 25.7. The molecule has 0 bridgehead atoms. The molecule has 1 fully saturated rings. The van der Waals surface area contributed by atoms with E-state index in [9.17, 15) is 13.2 Å². The Labute approximate surface area is 134 Å². The number of hydrogen-bond acceptors (Lipinski definition) is 4. The van der Waals surface area contributed by atoms with Crippen molar-refractivity contribution in [3.8, 4) is 0 Å². The number of sulfone groups is 1. The second kappa shape index (κ2) is 6.60. The number of ketones is 1. The van der Waals surface area contributed by atoms with Crippen LogP contribution in [0.3, 0.4) is 0 Å². The molecule has 7 heteroatoms. The lowest BCUT2D eigenvalue weighted by molar-refractivity contribution is -0.119. The summed E-state index contributed by atoms with van der Waals surface area (Å²) in [6, 6.07) is 0. The van der Waals surface area contributed by atoms with Crippen LogP contribution in [0.25, 0.3) is 0 Å². The van der Waals surface area contributed by atoms with Gasteiger partial charge in [0.1, 0.15) is 5.78 Å². The van der Waals surface area contributed by atoms with Gasteiger partial charge in [-0.3, -0.25) is 9.48 Å². The summed E-state index contributed by atoms with van der Waals surface area (Å²) in [6.07, 6.45) is 2.10. The van der Waals surface area contributed by atoms with E-state index >= 15 is 0 Å².